The Bertz CT molecular complexity index is 308. The number of hydrogen-bond donors (Lipinski definition) is 1. The zero-order valence-electron chi connectivity index (χ0n) is 7.31. The standard InChI is InChI=1S/C9H11ClO2/c1-5-4-7(12-3)6(2)8(10)9(5)11/h4,11H,1-3H3. The molecule has 1 N–H and O–H groups in total. The van der Waals surface area contributed by atoms with Crippen molar-refractivity contribution in [2.24, 2.45) is 0 Å². The van der Waals surface area contributed by atoms with Crippen LogP contribution >= 0.6 is 11.6 Å². The summed E-state index contributed by atoms with van der Waals surface area (Å²) in [5.74, 6) is 0.838. The molecule has 0 atom stereocenters. The van der Waals surface area contributed by atoms with Gasteiger partial charge in [0, 0.05) is 5.56 Å². The van der Waals surface area contributed by atoms with Crippen LogP contribution in [0.4, 0.5) is 0 Å². The quantitative estimate of drug-likeness (QED) is 0.731. The Morgan fingerprint density at radius 3 is 2.50 bits per heavy atom. The number of aryl methyl sites for hydroxylation is 1. The first-order valence-corrected chi connectivity index (χ1v) is 3.98. The molecule has 0 aliphatic carbocycles. The number of halogens is 1. The van der Waals surface area contributed by atoms with Crippen LogP contribution in [0.2, 0.25) is 5.02 Å². The first-order chi connectivity index (χ1) is 5.57. The van der Waals surface area contributed by atoms with Gasteiger partial charge in [0.2, 0.25) is 0 Å². The van der Waals surface area contributed by atoms with Gasteiger partial charge in [-0.15, -0.1) is 0 Å². The molecule has 2 nitrogen and oxygen atoms in total. The number of phenolic OH excluding ortho intramolecular Hbond substituents is 1. The van der Waals surface area contributed by atoms with E-state index in [-0.39, 0.29) is 5.75 Å². The summed E-state index contributed by atoms with van der Waals surface area (Å²) in [4.78, 5) is 0. The zero-order valence-corrected chi connectivity index (χ0v) is 8.07. The van der Waals surface area contributed by atoms with Crippen LogP contribution in [0, 0.1) is 13.8 Å². The number of hydrogen-bond acceptors (Lipinski definition) is 2. The van der Waals surface area contributed by atoms with Crippen molar-refractivity contribution in [1.29, 1.82) is 0 Å². The lowest BCUT2D eigenvalue weighted by molar-refractivity contribution is 0.408. The van der Waals surface area contributed by atoms with E-state index in [0.29, 0.717) is 10.8 Å². The molecule has 0 saturated carbocycles. The topological polar surface area (TPSA) is 29.5 Å². The minimum atomic E-state index is 0.134. The molecule has 0 spiro atoms. The molecule has 1 aromatic rings. The maximum Gasteiger partial charge on any atom is 0.137 e. The predicted octanol–water partition coefficient (Wildman–Crippen LogP) is 2.67. The summed E-state index contributed by atoms with van der Waals surface area (Å²) in [6.07, 6.45) is 0. The normalized spacial score (nSPS) is 10.0. The Balaban J connectivity index is 3.39. The highest BCUT2D eigenvalue weighted by atomic mass is 35.5. The van der Waals surface area contributed by atoms with Gasteiger partial charge in [-0.2, -0.15) is 0 Å². The smallest absolute Gasteiger partial charge is 0.137 e. The number of aromatic hydroxyl groups is 1. The Hall–Kier alpha value is -0.890. The van der Waals surface area contributed by atoms with Gasteiger partial charge in [0.15, 0.2) is 0 Å². The lowest BCUT2D eigenvalue weighted by Crippen LogP contribution is -1.89. The molecule has 1 aromatic carbocycles. The fourth-order valence-corrected chi connectivity index (χ4v) is 1.29. The highest BCUT2D eigenvalue weighted by Crippen LogP contribution is 2.36. The third-order valence-corrected chi connectivity index (χ3v) is 2.31. The van der Waals surface area contributed by atoms with E-state index in [4.69, 9.17) is 16.3 Å². The number of methoxy groups -OCH3 is 1. The summed E-state index contributed by atoms with van der Waals surface area (Å²) < 4.78 is 5.07. The van der Waals surface area contributed by atoms with Crippen molar-refractivity contribution >= 4 is 11.6 Å². The SMILES string of the molecule is COc1cc(C)c(O)c(Cl)c1C. The van der Waals surface area contributed by atoms with E-state index in [1.165, 1.54) is 0 Å². The van der Waals surface area contributed by atoms with Gasteiger partial charge in [0.1, 0.15) is 11.5 Å². The van der Waals surface area contributed by atoms with Gasteiger partial charge in [-0.25, -0.2) is 0 Å². The van der Waals surface area contributed by atoms with Crippen molar-refractivity contribution in [3.63, 3.8) is 0 Å². The maximum absolute atomic E-state index is 9.42. The summed E-state index contributed by atoms with van der Waals surface area (Å²) >= 11 is 5.84. The van der Waals surface area contributed by atoms with E-state index in [1.807, 2.05) is 0 Å². The van der Waals surface area contributed by atoms with Crippen LogP contribution < -0.4 is 4.74 Å². The first kappa shape index (κ1) is 9.20. The van der Waals surface area contributed by atoms with Crippen molar-refractivity contribution in [3.8, 4) is 11.5 Å². The molecule has 66 valence electrons. The molecule has 0 aliphatic heterocycles. The molecule has 0 saturated heterocycles. The minimum Gasteiger partial charge on any atom is -0.506 e. The Morgan fingerprint density at radius 1 is 1.42 bits per heavy atom. The summed E-state index contributed by atoms with van der Waals surface area (Å²) in [5.41, 5.74) is 1.49. The fraction of sp³-hybridized carbons (Fsp3) is 0.333. The van der Waals surface area contributed by atoms with Gasteiger partial charge >= 0.3 is 0 Å². The second-order valence-electron chi connectivity index (χ2n) is 2.68. The second kappa shape index (κ2) is 3.23. The van der Waals surface area contributed by atoms with E-state index >= 15 is 0 Å². The van der Waals surface area contributed by atoms with Crippen molar-refractivity contribution in [2.75, 3.05) is 7.11 Å². The van der Waals surface area contributed by atoms with Crippen molar-refractivity contribution in [1.82, 2.24) is 0 Å². The van der Waals surface area contributed by atoms with E-state index in [2.05, 4.69) is 0 Å². The third-order valence-electron chi connectivity index (χ3n) is 1.85. The molecule has 0 aromatic heterocycles. The number of benzene rings is 1. The summed E-state index contributed by atoms with van der Waals surface area (Å²) in [6, 6.07) is 1.76. The van der Waals surface area contributed by atoms with Crippen LogP contribution in [0.3, 0.4) is 0 Å². The van der Waals surface area contributed by atoms with Crippen LogP contribution in [0.1, 0.15) is 11.1 Å². The molecule has 0 heterocycles. The molecule has 0 unspecified atom stereocenters. The second-order valence-corrected chi connectivity index (χ2v) is 3.06. The van der Waals surface area contributed by atoms with Crippen LogP contribution in [-0.4, -0.2) is 12.2 Å². The lowest BCUT2D eigenvalue weighted by atomic mass is 10.1. The molecule has 0 fully saturated rings. The Morgan fingerprint density at radius 2 is 2.00 bits per heavy atom. The van der Waals surface area contributed by atoms with Crippen LogP contribution in [0.15, 0.2) is 6.07 Å². The van der Waals surface area contributed by atoms with Crippen molar-refractivity contribution in [3.05, 3.63) is 22.2 Å². The van der Waals surface area contributed by atoms with Gasteiger partial charge in [0.25, 0.3) is 0 Å². The molecule has 12 heavy (non-hydrogen) atoms. The van der Waals surface area contributed by atoms with E-state index in [9.17, 15) is 5.11 Å². The minimum absolute atomic E-state index is 0.134. The molecular formula is C9H11ClO2. The van der Waals surface area contributed by atoms with Crippen LogP contribution in [0.25, 0.3) is 0 Å². The van der Waals surface area contributed by atoms with Gasteiger partial charge < -0.3 is 9.84 Å². The molecule has 0 bridgehead atoms. The average molecular weight is 187 g/mol. The summed E-state index contributed by atoms with van der Waals surface area (Å²) in [5, 5.41) is 9.79. The highest BCUT2D eigenvalue weighted by molar-refractivity contribution is 6.33. The van der Waals surface area contributed by atoms with Crippen molar-refractivity contribution in [2.45, 2.75) is 13.8 Å². The zero-order chi connectivity index (χ0) is 9.30. The molecular weight excluding hydrogens is 176 g/mol. The number of rotatable bonds is 1. The van der Waals surface area contributed by atoms with E-state index < -0.39 is 0 Å². The van der Waals surface area contributed by atoms with Crippen molar-refractivity contribution < 1.29 is 9.84 Å². The van der Waals surface area contributed by atoms with Crippen LogP contribution in [0.5, 0.6) is 11.5 Å². The average Bonchev–Trinajstić information content (AvgIpc) is 2.08. The first-order valence-electron chi connectivity index (χ1n) is 3.60. The molecule has 3 heteroatoms. The molecule has 0 radical (unpaired) electrons. The van der Waals surface area contributed by atoms with E-state index in [1.54, 1.807) is 27.0 Å². The summed E-state index contributed by atoms with van der Waals surface area (Å²) in [6.45, 7) is 3.59. The summed E-state index contributed by atoms with van der Waals surface area (Å²) in [7, 11) is 1.58. The maximum atomic E-state index is 9.42. The van der Waals surface area contributed by atoms with E-state index in [0.717, 1.165) is 11.1 Å². The van der Waals surface area contributed by atoms with Crippen LogP contribution in [-0.2, 0) is 0 Å². The highest BCUT2D eigenvalue weighted by Gasteiger charge is 2.10. The Kier molecular flexibility index (Phi) is 2.48. The predicted molar refractivity (Wildman–Crippen MR) is 49.1 cm³/mol. The van der Waals surface area contributed by atoms with Gasteiger partial charge in [0.05, 0.1) is 12.1 Å². The van der Waals surface area contributed by atoms with Gasteiger partial charge in [-0.3, -0.25) is 0 Å². The number of ether oxygens (including phenoxy) is 1. The third kappa shape index (κ3) is 1.34. The largest absolute Gasteiger partial charge is 0.506 e. The van der Waals surface area contributed by atoms with Gasteiger partial charge in [-0.1, -0.05) is 11.6 Å². The molecule has 1 rings (SSSR count). The Labute approximate surface area is 76.7 Å². The molecule has 0 amide bonds. The monoisotopic (exact) mass is 186 g/mol. The fourth-order valence-electron chi connectivity index (χ4n) is 1.04. The van der Waals surface area contributed by atoms with Gasteiger partial charge in [-0.05, 0) is 25.5 Å². The number of phenols is 1. The lowest BCUT2D eigenvalue weighted by Gasteiger charge is -2.09. The molecule has 0 aliphatic rings.